The van der Waals surface area contributed by atoms with Crippen molar-refractivity contribution in [3.8, 4) is 11.5 Å². The fourth-order valence-electron chi connectivity index (χ4n) is 3.27. The molecule has 2 unspecified atom stereocenters. The van der Waals surface area contributed by atoms with E-state index in [0.29, 0.717) is 30.7 Å². The van der Waals surface area contributed by atoms with E-state index in [1.165, 1.54) is 18.2 Å². The number of hydrogen-bond donors (Lipinski definition) is 2. The standard InChI is InChI=1S/C26H39NO11/c1-6-11-33-25(31)37-19-9-8-18(14-20(19)38-26(32)34-12-7-2)21(22(27)23(28)29)17(5)15-36-24(30)35-13-10-16(3)4/h8-9,14,16-17,21-22H,6-7,10-13,15,27H2,1-5H3,(H,28,29)/t17?,21?,22-/m0/s1. The Hall–Kier alpha value is -3.54. The largest absolute Gasteiger partial charge is 0.513 e. The summed E-state index contributed by atoms with van der Waals surface area (Å²) in [6, 6.07) is 2.70. The van der Waals surface area contributed by atoms with Gasteiger partial charge in [-0.25, -0.2) is 14.4 Å². The molecule has 0 saturated carbocycles. The van der Waals surface area contributed by atoms with Crippen LogP contribution in [0.4, 0.5) is 14.4 Å². The molecule has 38 heavy (non-hydrogen) atoms. The molecule has 1 aromatic rings. The Morgan fingerprint density at radius 3 is 1.89 bits per heavy atom. The molecule has 0 aliphatic carbocycles. The summed E-state index contributed by atoms with van der Waals surface area (Å²) >= 11 is 0. The molecule has 0 heterocycles. The molecule has 0 aromatic heterocycles. The van der Waals surface area contributed by atoms with E-state index >= 15 is 0 Å². The SMILES string of the molecule is CCCOC(=O)Oc1ccc(C(C(C)COC(=O)OCCC(C)C)[C@H](N)C(=O)O)cc1OC(=O)OCCC. The van der Waals surface area contributed by atoms with Gasteiger partial charge in [-0.2, -0.15) is 0 Å². The first-order chi connectivity index (χ1) is 18.0. The van der Waals surface area contributed by atoms with Crippen LogP contribution in [0.3, 0.4) is 0 Å². The van der Waals surface area contributed by atoms with Crippen molar-refractivity contribution in [2.24, 2.45) is 17.6 Å². The number of nitrogens with two attached hydrogens (primary N) is 1. The van der Waals surface area contributed by atoms with Crippen molar-refractivity contribution in [1.29, 1.82) is 0 Å². The molecule has 0 bridgehead atoms. The van der Waals surface area contributed by atoms with E-state index in [1.807, 2.05) is 20.8 Å². The first-order valence-electron chi connectivity index (χ1n) is 12.6. The highest BCUT2D eigenvalue weighted by Gasteiger charge is 2.33. The lowest BCUT2D eigenvalue weighted by atomic mass is 9.82. The van der Waals surface area contributed by atoms with Gasteiger partial charge in [-0.3, -0.25) is 4.79 Å². The summed E-state index contributed by atoms with van der Waals surface area (Å²) in [4.78, 5) is 47.9. The molecule has 1 rings (SSSR count). The number of aliphatic carboxylic acids is 1. The van der Waals surface area contributed by atoms with Crippen molar-refractivity contribution in [3.05, 3.63) is 23.8 Å². The van der Waals surface area contributed by atoms with Crippen LogP contribution >= 0.6 is 0 Å². The second kappa shape index (κ2) is 17.1. The Labute approximate surface area is 222 Å². The van der Waals surface area contributed by atoms with Gasteiger partial charge in [0.15, 0.2) is 11.5 Å². The fraction of sp³-hybridized carbons (Fsp3) is 0.615. The molecule has 214 valence electrons. The molecule has 0 amide bonds. The number of carboxylic acid groups (broad SMARTS) is 1. The summed E-state index contributed by atoms with van der Waals surface area (Å²) in [5.41, 5.74) is 6.33. The molecule has 0 fully saturated rings. The minimum atomic E-state index is -1.41. The fourth-order valence-corrected chi connectivity index (χ4v) is 3.27. The maximum atomic E-state index is 12.1. The second-order valence-electron chi connectivity index (χ2n) is 9.07. The zero-order valence-electron chi connectivity index (χ0n) is 22.6. The summed E-state index contributed by atoms with van der Waals surface area (Å²) in [5.74, 6) is -2.80. The van der Waals surface area contributed by atoms with E-state index in [0.717, 1.165) is 0 Å². The van der Waals surface area contributed by atoms with Crippen LogP contribution in [0.1, 0.15) is 65.4 Å². The van der Waals surface area contributed by atoms with Crippen molar-refractivity contribution in [2.75, 3.05) is 26.4 Å². The molecule has 0 radical (unpaired) electrons. The normalized spacial score (nSPS) is 13.1. The van der Waals surface area contributed by atoms with Crippen LogP contribution in [0.2, 0.25) is 0 Å². The Morgan fingerprint density at radius 2 is 1.37 bits per heavy atom. The van der Waals surface area contributed by atoms with E-state index in [-0.39, 0.29) is 37.9 Å². The quantitative estimate of drug-likeness (QED) is 0.176. The summed E-state index contributed by atoms with van der Waals surface area (Å²) in [6.07, 6.45) is -1.15. The van der Waals surface area contributed by atoms with E-state index in [1.54, 1.807) is 13.8 Å². The highest BCUT2D eigenvalue weighted by atomic mass is 16.7. The summed E-state index contributed by atoms with van der Waals surface area (Å²) in [5, 5.41) is 9.63. The number of hydrogen-bond acceptors (Lipinski definition) is 11. The summed E-state index contributed by atoms with van der Waals surface area (Å²) in [6.45, 7) is 9.46. The van der Waals surface area contributed by atoms with Gasteiger partial charge in [-0.15, -0.1) is 0 Å². The highest BCUT2D eigenvalue weighted by molar-refractivity contribution is 5.75. The van der Waals surface area contributed by atoms with Gasteiger partial charge < -0.3 is 39.3 Å². The molecule has 0 aliphatic heterocycles. The second-order valence-corrected chi connectivity index (χ2v) is 9.07. The molecule has 3 atom stereocenters. The average Bonchev–Trinajstić information content (AvgIpc) is 2.86. The van der Waals surface area contributed by atoms with Crippen LogP contribution in [0.15, 0.2) is 18.2 Å². The van der Waals surface area contributed by atoms with Gasteiger partial charge in [-0.1, -0.05) is 40.7 Å². The predicted molar refractivity (Wildman–Crippen MR) is 135 cm³/mol. The van der Waals surface area contributed by atoms with Gasteiger partial charge in [0, 0.05) is 5.92 Å². The van der Waals surface area contributed by atoms with Gasteiger partial charge in [0.25, 0.3) is 0 Å². The Balaban J connectivity index is 3.20. The van der Waals surface area contributed by atoms with E-state index in [2.05, 4.69) is 0 Å². The molecule has 3 N–H and O–H groups in total. The number of carboxylic acids is 1. The van der Waals surface area contributed by atoms with Gasteiger partial charge in [-0.05, 0) is 48.8 Å². The topological polar surface area (TPSA) is 170 Å². The molecule has 12 nitrogen and oxygen atoms in total. The van der Waals surface area contributed by atoms with Gasteiger partial charge in [0.2, 0.25) is 0 Å². The lowest BCUT2D eigenvalue weighted by molar-refractivity contribution is -0.139. The number of rotatable bonds is 15. The predicted octanol–water partition coefficient (Wildman–Crippen LogP) is 4.87. The highest BCUT2D eigenvalue weighted by Crippen LogP contribution is 2.36. The minimum Gasteiger partial charge on any atom is -0.480 e. The molecule has 0 spiro atoms. The molecule has 12 heteroatoms. The van der Waals surface area contributed by atoms with Crippen molar-refractivity contribution >= 4 is 24.4 Å². The average molecular weight is 542 g/mol. The van der Waals surface area contributed by atoms with Gasteiger partial charge >= 0.3 is 24.4 Å². The number of ether oxygens (including phenoxy) is 6. The van der Waals surface area contributed by atoms with E-state index < -0.39 is 42.3 Å². The summed E-state index contributed by atoms with van der Waals surface area (Å²) < 4.78 is 30.5. The monoisotopic (exact) mass is 541 g/mol. The van der Waals surface area contributed by atoms with Crippen molar-refractivity contribution in [2.45, 2.75) is 65.8 Å². The van der Waals surface area contributed by atoms with E-state index in [4.69, 9.17) is 34.2 Å². The number of carbonyl (C=O) groups excluding carboxylic acids is 3. The maximum absolute atomic E-state index is 12.1. The Bertz CT molecular complexity index is 918. The Morgan fingerprint density at radius 1 is 0.816 bits per heavy atom. The van der Waals surface area contributed by atoms with Crippen molar-refractivity contribution in [3.63, 3.8) is 0 Å². The number of benzene rings is 1. The third kappa shape index (κ3) is 11.7. The first kappa shape index (κ1) is 32.5. The minimum absolute atomic E-state index is 0.0986. The summed E-state index contributed by atoms with van der Waals surface area (Å²) in [7, 11) is 0. The van der Waals surface area contributed by atoms with Gasteiger partial charge in [0.1, 0.15) is 6.04 Å². The Kier molecular flexibility index (Phi) is 14.6. The van der Waals surface area contributed by atoms with Crippen LogP contribution in [0.25, 0.3) is 0 Å². The zero-order chi connectivity index (χ0) is 28.7. The van der Waals surface area contributed by atoms with Crippen LogP contribution in [0, 0.1) is 11.8 Å². The third-order valence-corrected chi connectivity index (χ3v) is 5.25. The molecular formula is C26H39NO11. The first-order valence-corrected chi connectivity index (χ1v) is 12.6. The maximum Gasteiger partial charge on any atom is 0.513 e. The number of carbonyl (C=O) groups is 4. The van der Waals surface area contributed by atoms with Crippen LogP contribution in [0.5, 0.6) is 11.5 Å². The van der Waals surface area contributed by atoms with Crippen LogP contribution in [-0.4, -0.2) is 62.0 Å². The molecule has 0 saturated heterocycles. The third-order valence-electron chi connectivity index (χ3n) is 5.25. The lowest BCUT2D eigenvalue weighted by Crippen LogP contribution is -2.40. The lowest BCUT2D eigenvalue weighted by Gasteiger charge is -2.27. The van der Waals surface area contributed by atoms with E-state index in [9.17, 15) is 24.3 Å². The van der Waals surface area contributed by atoms with Crippen molar-refractivity contribution in [1.82, 2.24) is 0 Å². The molecular weight excluding hydrogens is 502 g/mol. The van der Waals surface area contributed by atoms with Crippen LogP contribution in [-0.2, 0) is 23.7 Å². The molecule has 0 aliphatic rings. The van der Waals surface area contributed by atoms with Gasteiger partial charge in [0.05, 0.1) is 26.4 Å². The zero-order valence-corrected chi connectivity index (χ0v) is 22.6. The molecule has 1 aromatic carbocycles. The van der Waals surface area contributed by atoms with Crippen LogP contribution < -0.4 is 15.2 Å². The van der Waals surface area contributed by atoms with Crippen molar-refractivity contribution < 1.29 is 52.7 Å². The smallest absolute Gasteiger partial charge is 0.480 e.